The zero-order valence-electron chi connectivity index (χ0n) is 12.2. The van der Waals surface area contributed by atoms with Gasteiger partial charge in [0.25, 0.3) is 0 Å². The third kappa shape index (κ3) is 3.46. The Morgan fingerprint density at radius 1 is 1.28 bits per heavy atom. The van der Waals surface area contributed by atoms with Crippen LogP contribution >= 0.6 is 0 Å². The molecule has 18 heavy (non-hydrogen) atoms. The molecule has 2 aliphatic rings. The minimum absolute atomic E-state index is 0.456. The van der Waals surface area contributed by atoms with Crippen LogP contribution in [0.25, 0.3) is 0 Å². The van der Waals surface area contributed by atoms with E-state index in [1.807, 2.05) is 0 Å². The molecule has 1 saturated carbocycles. The zero-order valence-corrected chi connectivity index (χ0v) is 12.2. The third-order valence-electron chi connectivity index (χ3n) is 4.70. The van der Waals surface area contributed by atoms with E-state index in [1.165, 1.54) is 58.2 Å². The summed E-state index contributed by atoms with van der Waals surface area (Å²) in [4.78, 5) is 2.72. The summed E-state index contributed by atoms with van der Waals surface area (Å²) in [6.07, 6.45) is 8.03. The number of nitrogens with one attached hydrogen (secondary N) is 1. The van der Waals surface area contributed by atoms with Crippen molar-refractivity contribution in [2.24, 2.45) is 0 Å². The summed E-state index contributed by atoms with van der Waals surface area (Å²) in [5.41, 5.74) is 0.456. The van der Waals surface area contributed by atoms with Crippen LogP contribution in [-0.2, 0) is 4.74 Å². The predicted octanol–water partition coefficient (Wildman–Crippen LogP) is 2.41. The Bertz CT molecular complexity index is 239. The second kappa shape index (κ2) is 6.88. The normalized spacial score (nSPS) is 28.0. The Labute approximate surface area is 112 Å². The van der Waals surface area contributed by atoms with Crippen LogP contribution in [-0.4, -0.2) is 49.3 Å². The Morgan fingerprint density at radius 3 is 2.72 bits per heavy atom. The summed E-state index contributed by atoms with van der Waals surface area (Å²) >= 11 is 0. The highest BCUT2D eigenvalue weighted by atomic mass is 16.5. The molecule has 3 heteroatoms. The molecule has 106 valence electrons. The second-order valence-electron chi connectivity index (χ2n) is 5.95. The molecule has 2 rings (SSSR count). The van der Waals surface area contributed by atoms with Crippen LogP contribution < -0.4 is 5.32 Å². The fourth-order valence-electron chi connectivity index (χ4n) is 3.60. The van der Waals surface area contributed by atoms with Crippen molar-refractivity contribution in [2.45, 2.75) is 64.0 Å². The van der Waals surface area contributed by atoms with Gasteiger partial charge in [-0.25, -0.2) is 0 Å². The summed E-state index contributed by atoms with van der Waals surface area (Å²) < 4.78 is 5.47. The van der Waals surface area contributed by atoms with Gasteiger partial charge < -0.3 is 10.1 Å². The lowest BCUT2D eigenvalue weighted by Gasteiger charge is -2.46. The summed E-state index contributed by atoms with van der Waals surface area (Å²) in [5, 5.41) is 3.85. The largest absolute Gasteiger partial charge is 0.382 e. The highest BCUT2D eigenvalue weighted by molar-refractivity contribution is 5.00. The lowest BCUT2D eigenvalue weighted by molar-refractivity contribution is 0.0638. The van der Waals surface area contributed by atoms with E-state index in [9.17, 15) is 0 Å². The van der Waals surface area contributed by atoms with Crippen molar-refractivity contribution in [2.75, 3.05) is 32.8 Å². The molecule has 1 saturated heterocycles. The topological polar surface area (TPSA) is 24.5 Å². The van der Waals surface area contributed by atoms with Crippen LogP contribution in [0.2, 0.25) is 0 Å². The Kier molecular flexibility index (Phi) is 5.46. The number of nitrogens with zero attached hydrogens (tertiary/aromatic N) is 1. The van der Waals surface area contributed by atoms with Gasteiger partial charge in [-0.05, 0) is 32.6 Å². The summed E-state index contributed by atoms with van der Waals surface area (Å²) in [6.45, 7) is 9.82. The number of piperazine rings is 1. The Hall–Kier alpha value is -0.120. The molecule has 0 aromatic rings. The molecule has 1 N–H and O–H groups in total. The molecule has 2 fully saturated rings. The van der Waals surface area contributed by atoms with E-state index >= 15 is 0 Å². The maximum Gasteiger partial charge on any atom is 0.0478 e. The van der Waals surface area contributed by atoms with E-state index in [0.717, 1.165) is 19.3 Å². The fourth-order valence-corrected chi connectivity index (χ4v) is 3.60. The molecule has 1 heterocycles. The average molecular weight is 254 g/mol. The molecule has 1 atom stereocenters. The highest BCUT2D eigenvalue weighted by Crippen LogP contribution is 2.33. The monoisotopic (exact) mass is 254 g/mol. The van der Waals surface area contributed by atoms with Crippen molar-refractivity contribution in [3.8, 4) is 0 Å². The molecule has 3 nitrogen and oxygen atoms in total. The van der Waals surface area contributed by atoms with Gasteiger partial charge in [0.1, 0.15) is 0 Å². The van der Waals surface area contributed by atoms with Crippen LogP contribution in [0.5, 0.6) is 0 Å². The molecule has 0 bridgehead atoms. The van der Waals surface area contributed by atoms with Gasteiger partial charge in [-0.15, -0.1) is 0 Å². The van der Waals surface area contributed by atoms with Crippen LogP contribution in [0.15, 0.2) is 0 Å². The molecular weight excluding hydrogens is 224 g/mol. The molecular formula is C15H30N2O. The molecule has 1 aliphatic carbocycles. The van der Waals surface area contributed by atoms with E-state index in [0.29, 0.717) is 5.54 Å². The standard InChI is InChI=1S/C15H30N2O/c1-3-14-12-16-15(8-5-6-9-15)13-17(14)10-7-11-18-4-2/h14,16H,3-13H2,1-2H3. The SMILES string of the molecule is CCOCCCN1CC2(CCCC2)NCC1CC. The lowest BCUT2D eigenvalue weighted by Crippen LogP contribution is -2.63. The molecule has 0 aromatic carbocycles. The maximum atomic E-state index is 5.47. The predicted molar refractivity (Wildman–Crippen MR) is 76.0 cm³/mol. The van der Waals surface area contributed by atoms with E-state index in [2.05, 4.69) is 24.1 Å². The average Bonchev–Trinajstić information content (AvgIpc) is 2.83. The minimum atomic E-state index is 0.456. The molecule has 1 unspecified atom stereocenters. The first-order valence-corrected chi connectivity index (χ1v) is 7.86. The molecule has 0 radical (unpaired) electrons. The minimum Gasteiger partial charge on any atom is -0.382 e. The molecule has 1 spiro atoms. The smallest absolute Gasteiger partial charge is 0.0478 e. The quantitative estimate of drug-likeness (QED) is 0.737. The van der Waals surface area contributed by atoms with E-state index in [-0.39, 0.29) is 0 Å². The van der Waals surface area contributed by atoms with Gasteiger partial charge in [-0.1, -0.05) is 19.8 Å². The van der Waals surface area contributed by atoms with Crippen LogP contribution in [0.3, 0.4) is 0 Å². The van der Waals surface area contributed by atoms with Gasteiger partial charge in [0.2, 0.25) is 0 Å². The summed E-state index contributed by atoms with van der Waals surface area (Å²) in [7, 11) is 0. The van der Waals surface area contributed by atoms with E-state index < -0.39 is 0 Å². The first-order chi connectivity index (χ1) is 8.79. The number of hydrogen-bond donors (Lipinski definition) is 1. The van der Waals surface area contributed by atoms with Crippen LogP contribution in [0.1, 0.15) is 52.4 Å². The Morgan fingerprint density at radius 2 is 2.06 bits per heavy atom. The number of rotatable bonds is 6. The van der Waals surface area contributed by atoms with Gasteiger partial charge in [0, 0.05) is 44.4 Å². The third-order valence-corrected chi connectivity index (χ3v) is 4.70. The van der Waals surface area contributed by atoms with Crippen molar-refractivity contribution in [1.29, 1.82) is 0 Å². The fraction of sp³-hybridized carbons (Fsp3) is 1.00. The van der Waals surface area contributed by atoms with Crippen molar-refractivity contribution in [1.82, 2.24) is 10.2 Å². The lowest BCUT2D eigenvalue weighted by atomic mass is 9.91. The van der Waals surface area contributed by atoms with E-state index in [1.54, 1.807) is 0 Å². The van der Waals surface area contributed by atoms with E-state index in [4.69, 9.17) is 4.74 Å². The molecule has 0 amide bonds. The highest BCUT2D eigenvalue weighted by Gasteiger charge is 2.40. The maximum absolute atomic E-state index is 5.47. The first-order valence-electron chi connectivity index (χ1n) is 7.86. The zero-order chi connectivity index (χ0) is 12.8. The number of hydrogen-bond acceptors (Lipinski definition) is 3. The van der Waals surface area contributed by atoms with Crippen molar-refractivity contribution in [3.05, 3.63) is 0 Å². The van der Waals surface area contributed by atoms with Crippen molar-refractivity contribution in [3.63, 3.8) is 0 Å². The summed E-state index contributed by atoms with van der Waals surface area (Å²) in [5.74, 6) is 0. The van der Waals surface area contributed by atoms with Gasteiger partial charge >= 0.3 is 0 Å². The van der Waals surface area contributed by atoms with Crippen molar-refractivity contribution < 1.29 is 4.74 Å². The van der Waals surface area contributed by atoms with Gasteiger partial charge in [-0.2, -0.15) is 0 Å². The second-order valence-corrected chi connectivity index (χ2v) is 5.95. The molecule has 1 aliphatic heterocycles. The first kappa shape index (κ1) is 14.3. The van der Waals surface area contributed by atoms with Gasteiger partial charge in [0.15, 0.2) is 0 Å². The summed E-state index contributed by atoms with van der Waals surface area (Å²) in [6, 6.07) is 0.734. The molecule has 0 aromatic heterocycles. The van der Waals surface area contributed by atoms with Gasteiger partial charge in [0.05, 0.1) is 0 Å². The van der Waals surface area contributed by atoms with Gasteiger partial charge in [-0.3, -0.25) is 4.90 Å². The van der Waals surface area contributed by atoms with Crippen LogP contribution in [0.4, 0.5) is 0 Å². The van der Waals surface area contributed by atoms with Crippen molar-refractivity contribution >= 4 is 0 Å². The van der Waals surface area contributed by atoms with Crippen LogP contribution in [0, 0.1) is 0 Å². The number of ether oxygens (including phenoxy) is 1. The Balaban J connectivity index is 1.83.